The van der Waals surface area contributed by atoms with E-state index in [0.717, 1.165) is 12.1 Å². The molecule has 0 spiro atoms. The molecule has 1 N–H and O–H groups in total. The zero-order chi connectivity index (χ0) is 22.7. The van der Waals surface area contributed by atoms with Gasteiger partial charge in [0.05, 0.1) is 5.69 Å². The van der Waals surface area contributed by atoms with Crippen molar-refractivity contribution < 1.29 is 31.6 Å². The third kappa shape index (κ3) is 4.94. The number of anilines is 1. The minimum Gasteiger partial charge on any atom is -0.406 e. The van der Waals surface area contributed by atoms with Gasteiger partial charge in [-0.3, -0.25) is 4.79 Å². The lowest BCUT2D eigenvalue weighted by molar-refractivity contribution is -0.274. The minimum atomic E-state index is -4.79. The van der Waals surface area contributed by atoms with E-state index in [4.69, 9.17) is 4.52 Å². The van der Waals surface area contributed by atoms with Gasteiger partial charge < -0.3 is 19.1 Å². The van der Waals surface area contributed by atoms with Crippen molar-refractivity contribution in [2.75, 3.05) is 5.32 Å². The van der Waals surface area contributed by atoms with E-state index < -0.39 is 18.1 Å². The van der Waals surface area contributed by atoms with Gasteiger partial charge in [-0.05, 0) is 48.5 Å². The van der Waals surface area contributed by atoms with Crippen LogP contribution in [-0.2, 0) is 11.3 Å². The van der Waals surface area contributed by atoms with Gasteiger partial charge in [0.25, 0.3) is 5.89 Å². The largest absolute Gasteiger partial charge is 0.573 e. The molecule has 0 bridgehead atoms. The van der Waals surface area contributed by atoms with E-state index in [1.54, 1.807) is 24.4 Å². The summed E-state index contributed by atoms with van der Waals surface area (Å²) in [5, 5.41) is 6.32. The number of nitrogens with zero attached hydrogens (tertiary/aromatic N) is 3. The summed E-state index contributed by atoms with van der Waals surface area (Å²) in [5.74, 6) is -1.16. The van der Waals surface area contributed by atoms with Crippen LogP contribution in [-0.4, -0.2) is 27.0 Å². The van der Waals surface area contributed by atoms with Crippen molar-refractivity contribution in [3.05, 3.63) is 72.7 Å². The Hall–Kier alpha value is -4.15. The number of hydrogen-bond donors (Lipinski definition) is 1. The van der Waals surface area contributed by atoms with Crippen LogP contribution in [0, 0.1) is 5.82 Å². The zero-order valence-electron chi connectivity index (χ0n) is 16.1. The predicted molar refractivity (Wildman–Crippen MR) is 105 cm³/mol. The second-order valence-electron chi connectivity index (χ2n) is 6.54. The van der Waals surface area contributed by atoms with Crippen LogP contribution >= 0.6 is 0 Å². The van der Waals surface area contributed by atoms with Crippen LogP contribution in [0.1, 0.15) is 0 Å². The third-order valence-electron chi connectivity index (χ3n) is 4.28. The Balaban J connectivity index is 1.48. The summed E-state index contributed by atoms with van der Waals surface area (Å²) in [4.78, 5) is 16.6. The SMILES string of the molecule is O=C(Cn1cccc1-c1nc(-c2ccc(OC(F)(F)F)cc2)no1)Nc1ccccc1F. The smallest absolute Gasteiger partial charge is 0.406 e. The number of ether oxygens (including phenoxy) is 1. The Labute approximate surface area is 178 Å². The molecule has 0 aliphatic heterocycles. The van der Waals surface area contributed by atoms with Gasteiger partial charge in [0.2, 0.25) is 11.7 Å². The second-order valence-corrected chi connectivity index (χ2v) is 6.54. The van der Waals surface area contributed by atoms with Crippen LogP contribution in [0.4, 0.5) is 23.2 Å². The van der Waals surface area contributed by atoms with Crippen molar-refractivity contribution in [1.82, 2.24) is 14.7 Å². The fraction of sp³-hybridized carbons (Fsp3) is 0.0952. The van der Waals surface area contributed by atoms with Crippen molar-refractivity contribution in [3.63, 3.8) is 0 Å². The third-order valence-corrected chi connectivity index (χ3v) is 4.28. The topological polar surface area (TPSA) is 82.2 Å². The summed E-state index contributed by atoms with van der Waals surface area (Å²) in [6, 6.07) is 14.1. The summed E-state index contributed by atoms with van der Waals surface area (Å²) in [6.45, 7) is -0.141. The summed E-state index contributed by atoms with van der Waals surface area (Å²) < 4.78 is 61.2. The molecule has 0 saturated heterocycles. The van der Waals surface area contributed by atoms with Crippen LogP contribution in [0.3, 0.4) is 0 Å². The van der Waals surface area contributed by atoms with Crippen molar-refractivity contribution in [2.24, 2.45) is 0 Å². The molecule has 11 heteroatoms. The molecule has 0 aliphatic rings. The number of rotatable bonds is 6. The summed E-state index contributed by atoms with van der Waals surface area (Å²) in [5.41, 5.74) is 0.901. The van der Waals surface area contributed by atoms with Gasteiger partial charge in [0.15, 0.2) is 0 Å². The van der Waals surface area contributed by atoms with Gasteiger partial charge in [-0.25, -0.2) is 4.39 Å². The number of hydrogen-bond acceptors (Lipinski definition) is 5. The first-order chi connectivity index (χ1) is 15.3. The molecule has 4 aromatic rings. The highest BCUT2D eigenvalue weighted by Crippen LogP contribution is 2.27. The highest BCUT2D eigenvalue weighted by atomic mass is 19.4. The molecule has 0 fully saturated rings. The minimum absolute atomic E-state index is 0.0595. The molecular weight excluding hydrogens is 432 g/mol. The van der Waals surface area contributed by atoms with Gasteiger partial charge in [-0.1, -0.05) is 17.3 Å². The number of amides is 1. The molecule has 0 saturated carbocycles. The molecule has 2 heterocycles. The molecule has 0 aliphatic carbocycles. The van der Waals surface area contributed by atoms with E-state index >= 15 is 0 Å². The monoisotopic (exact) mass is 446 g/mol. The molecule has 4 rings (SSSR count). The first-order valence-corrected chi connectivity index (χ1v) is 9.18. The molecule has 0 unspecified atom stereocenters. The van der Waals surface area contributed by atoms with E-state index in [1.165, 1.54) is 34.9 Å². The second kappa shape index (κ2) is 8.53. The lowest BCUT2D eigenvalue weighted by Crippen LogP contribution is -2.19. The first-order valence-electron chi connectivity index (χ1n) is 9.18. The van der Waals surface area contributed by atoms with Gasteiger partial charge in [0, 0.05) is 11.8 Å². The van der Waals surface area contributed by atoms with Crippen molar-refractivity contribution in [3.8, 4) is 28.7 Å². The highest BCUT2D eigenvalue weighted by molar-refractivity contribution is 5.91. The summed E-state index contributed by atoms with van der Waals surface area (Å²) in [6.07, 6.45) is -3.17. The van der Waals surface area contributed by atoms with Gasteiger partial charge in [-0.15, -0.1) is 13.2 Å². The van der Waals surface area contributed by atoms with Crippen LogP contribution in [0.25, 0.3) is 23.0 Å². The molecule has 2 aromatic carbocycles. The van der Waals surface area contributed by atoms with Crippen LogP contribution in [0.2, 0.25) is 0 Å². The molecule has 1 amide bonds. The van der Waals surface area contributed by atoms with Gasteiger partial charge >= 0.3 is 6.36 Å². The Bertz CT molecular complexity index is 1230. The molecule has 7 nitrogen and oxygen atoms in total. The maximum absolute atomic E-state index is 13.7. The fourth-order valence-electron chi connectivity index (χ4n) is 2.90. The lowest BCUT2D eigenvalue weighted by atomic mass is 10.2. The first kappa shape index (κ1) is 21.1. The van der Waals surface area contributed by atoms with Gasteiger partial charge in [-0.2, -0.15) is 4.98 Å². The molecule has 164 valence electrons. The van der Waals surface area contributed by atoms with Crippen LogP contribution < -0.4 is 10.1 Å². The van der Waals surface area contributed by atoms with E-state index in [2.05, 4.69) is 20.2 Å². The van der Waals surface area contributed by atoms with E-state index in [9.17, 15) is 22.4 Å². The van der Waals surface area contributed by atoms with Crippen molar-refractivity contribution in [2.45, 2.75) is 12.9 Å². The van der Waals surface area contributed by atoms with Crippen molar-refractivity contribution >= 4 is 11.6 Å². The molecule has 0 radical (unpaired) electrons. The number of aromatic nitrogens is 3. The number of benzene rings is 2. The maximum Gasteiger partial charge on any atom is 0.573 e. The zero-order valence-corrected chi connectivity index (χ0v) is 16.1. The standard InChI is InChI=1S/C21H14F4N4O3/c22-15-4-1-2-5-16(15)26-18(30)12-29-11-3-6-17(29)20-27-19(28-32-20)13-7-9-14(10-8-13)31-21(23,24)25/h1-11H,12H2,(H,26,30). The van der Waals surface area contributed by atoms with E-state index in [0.29, 0.717) is 11.3 Å². The number of carbonyl (C=O) groups is 1. The maximum atomic E-state index is 13.7. The van der Waals surface area contributed by atoms with Crippen LogP contribution in [0.5, 0.6) is 5.75 Å². The van der Waals surface area contributed by atoms with Crippen LogP contribution in [0.15, 0.2) is 71.4 Å². The Kier molecular flexibility index (Phi) is 5.63. The lowest BCUT2D eigenvalue weighted by Gasteiger charge is -2.08. The van der Waals surface area contributed by atoms with Crippen molar-refractivity contribution in [1.29, 1.82) is 0 Å². The molecule has 0 atom stereocenters. The molecule has 2 aromatic heterocycles. The number of nitrogens with one attached hydrogen (secondary N) is 1. The Morgan fingerprint density at radius 3 is 2.53 bits per heavy atom. The average Bonchev–Trinajstić information content (AvgIpc) is 3.38. The summed E-state index contributed by atoms with van der Waals surface area (Å²) >= 11 is 0. The quantitative estimate of drug-likeness (QED) is 0.427. The number of alkyl halides is 3. The van der Waals surface area contributed by atoms with E-state index in [1.807, 2.05) is 0 Å². The number of halogens is 4. The van der Waals surface area contributed by atoms with E-state index in [-0.39, 0.29) is 29.7 Å². The predicted octanol–water partition coefficient (Wildman–Crippen LogP) is 4.88. The molecular formula is C21H14F4N4O3. The Morgan fingerprint density at radius 2 is 1.81 bits per heavy atom. The molecule has 32 heavy (non-hydrogen) atoms. The summed E-state index contributed by atoms with van der Waals surface area (Å²) in [7, 11) is 0. The highest BCUT2D eigenvalue weighted by Gasteiger charge is 2.31. The number of carbonyl (C=O) groups excluding carboxylic acids is 1. The van der Waals surface area contributed by atoms with Gasteiger partial charge in [0.1, 0.15) is 23.8 Å². The number of para-hydroxylation sites is 1. The Morgan fingerprint density at radius 1 is 1.06 bits per heavy atom. The fourth-order valence-corrected chi connectivity index (χ4v) is 2.90. The normalized spacial score (nSPS) is 11.4. The average molecular weight is 446 g/mol.